The molecule has 1 aromatic rings. The number of ketones is 1. The van der Waals surface area contributed by atoms with Crippen LogP contribution in [0.4, 0.5) is 4.79 Å². The Morgan fingerprint density at radius 3 is 2.77 bits per heavy atom. The molecule has 2 saturated carbocycles. The number of amides is 1. The lowest BCUT2D eigenvalue weighted by Gasteiger charge is -2.48. The molecular formula is C26H37NO4. The average Bonchev–Trinajstić information content (AvgIpc) is 3.01. The van der Waals surface area contributed by atoms with Crippen molar-refractivity contribution < 1.29 is 19.1 Å². The minimum atomic E-state index is -0.479. The van der Waals surface area contributed by atoms with Gasteiger partial charge in [-0.25, -0.2) is 4.79 Å². The molecule has 0 saturated heterocycles. The Kier molecular flexibility index (Phi) is 6.06. The normalized spacial score (nSPS) is 29.5. The second-order valence-corrected chi connectivity index (χ2v) is 10.8. The molecule has 4 atom stereocenters. The number of rotatable bonds is 5. The summed E-state index contributed by atoms with van der Waals surface area (Å²) in [5.74, 6) is 3.24. The molecule has 1 N–H and O–H groups in total. The van der Waals surface area contributed by atoms with Crippen molar-refractivity contribution in [3.63, 3.8) is 0 Å². The molecule has 5 heteroatoms. The van der Waals surface area contributed by atoms with E-state index in [0.717, 1.165) is 44.3 Å². The van der Waals surface area contributed by atoms with Gasteiger partial charge in [0.15, 0.2) is 0 Å². The van der Waals surface area contributed by atoms with Gasteiger partial charge in [0, 0.05) is 18.4 Å². The summed E-state index contributed by atoms with van der Waals surface area (Å²) in [4.78, 5) is 24.2. The number of fused-ring (bicyclic) bond motifs is 5. The van der Waals surface area contributed by atoms with Crippen LogP contribution in [0.1, 0.15) is 83.3 Å². The quantitative estimate of drug-likeness (QED) is 0.639. The van der Waals surface area contributed by atoms with Gasteiger partial charge in [0.2, 0.25) is 0 Å². The standard InChI is InChI=1S/C26H37NO4/c1-25(2,3)31-24(29)27-14-5-15-30-18-7-9-19-17(16-18)6-8-21-20(19)12-13-26(4)22(21)10-11-23(26)28/h7,9,16,20-22H,5-6,8,10-15H2,1-4H3,(H,27,29)/t20-,21-,22+,26+/m1/s1. The zero-order chi connectivity index (χ0) is 22.2. The predicted octanol–water partition coefficient (Wildman–Crippen LogP) is 5.41. The SMILES string of the molecule is CC(C)(C)OC(=O)NCCCOc1ccc2c(c1)CC[C@@H]1[C@@H]2CC[C@]2(C)C(=O)CC[C@@H]12. The van der Waals surface area contributed by atoms with Crippen molar-refractivity contribution >= 4 is 11.9 Å². The van der Waals surface area contributed by atoms with Crippen LogP contribution in [-0.2, 0) is 16.0 Å². The highest BCUT2D eigenvalue weighted by Gasteiger charge is 2.54. The monoisotopic (exact) mass is 427 g/mol. The summed E-state index contributed by atoms with van der Waals surface area (Å²) >= 11 is 0. The minimum Gasteiger partial charge on any atom is -0.494 e. The van der Waals surface area contributed by atoms with Gasteiger partial charge in [-0.1, -0.05) is 13.0 Å². The van der Waals surface area contributed by atoms with E-state index in [2.05, 4.69) is 30.4 Å². The first-order valence-corrected chi connectivity index (χ1v) is 11.9. The van der Waals surface area contributed by atoms with Crippen LogP contribution in [0.2, 0.25) is 0 Å². The number of aryl methyl sites for hydroxylation is 1. The zero-order valence-corrected chi connectivity index (χ0v) is 19.5. The van der Waals surface area contributed by atoms with Crippen LogP contribution in [0.15, 0.2) is 18.2 Å². The number of alkyl carbamates (subject to hydrolysis) is 1. The molecule has 0 aromatic heterocycles. The van der Waals surface area contributed by atoms with Crippen LogP contribution in [-0.4, -0.2) is 30.6 Å². The molecule has 0 bridgehead atoms. The lowest BCUT2D eigenvalue weighted by atomic mass is 9.55. The van der Waals surface area contributed by atoms with Gasteiger partial charge in [-0.15, -0.1) is 0 Å². The lowest BCUT2D eigenvalue weighted by Crippen LogP contribution is -2.42. The van der Waals surface area contributed by atoms with Crippen molar-refractivity contribution in [3.8, 4) is 5.75 Å². The van der Waals surface area contributed by atoms with Gasteiger partial charge in [-0.2, -0.15) is 0 Å². The minimum absolute atomic E-state index is 0.0605. The summed E-state index contributed by atoms with van der Waals surface area (Å²) in [5, 5.41) is 2.77. The first-order chi connectivity index (χ1) is 14.7. The third kappa shape index (κ3) is 4.61. The smallest absolute Gasteiger partial charge is 0.407 e. The molecular weight excluding hydrogens is 390 g/mol. The zero-order valence-electron chi connectivity index (χ0n) is 19.5. The van der Waals surface area contributed by atoms with Crippen LogP contribution in [0.5, 0.6) is 5.75 Å². The molecule has 3 aliphatic rings. The Hall–Kier alpha value is -2.04. The fraction of sp³-hybridized carbons (Fsp3) is 0.692. The number of hydrogen-bond acceptors (Lipinski definition) is 4. The Balaban J connectivity index is 1.30. The maximum absolute atomic E-state index is 12.5. The van der Waals surface area contributed by atoms with Gasteiger partial charge >= 0.3 is 6.09 Å². The van der Waals surface area contributed by atoms with Gasteiger partial charge in [0.1, 0.15) is 17.1 Å². The molecule has 2 fully saturated rings. The van der Waals surface area contributed by atoms with E-state index >= 15 is 0 Å². The molecule has 0 heterocycles. The largest absolute Gasteiger partial charge is 0.494 e. The summed E-state index contributed by atoms with van der Waals surface area (Å²) in [6, 6.07) is 6.57. The van der Waals surface area contributed by atoms with Crippen molar-refractivity contribution in [1.29, 1.82) is 0 Å². The molecule has 4 rings (SSSR count). The van der Waals surface area contributed by atoms with Gasteiger partial charge in [-0.05, 0) is 100 Å². The highest BCUT2D eigenvalue weighted by molar-refractivity contribution is 5.87. The van der Waals surface area contributed by atoms with Crippen LogP contribution in [0.25, 0.3) is 0 Å². The topological polar surface area (TPSA) is 64.6 Å². The summed E-state index contributed by atoms with van der Waals surface area (Å²) in [6.07, 6.45) is 6.66. The number of hydrogen-bond donors (Lipinski definition) is 1. The van der Waals surface area contributed by atoms with Crippen LogP contribution in [0.3, 0.4) is 0 Å². The van der Waals surface area contributed by atoms with E-state index < -0.39 is 5.60 Å². The fourth-order valence-corrected chi connectivity index (χ4v) is 6.19. The van der Waals surface area contributed by atoms with E-state index in [9.17, 15) is 9.59 Å². The highest BCUT2D eigenvalue weighted by atomic mass is 16.6. The van der Waals surface area contributed by atoms with Crippen molar-refractivity contribution in [2.24, 2.45) is 17.3 Å². The van der Waals surface area contributed by atoms with E-state index in [1.54, 1.807) is 0 Å². The average molecular weight is 428 g/mol. The Morgan fingerprint density at radius 1 is 1.19 bits per heavy atom. The van der Waals surface area contributed by atoms with Crippen molar-refractivity contribution in [2.75, 3.05) is 13.2 Å². The molecule has 0 unspecified atom stereocenters. The number of benzene rings is 1. The molecule has 1 aromatic carbocycles. The highest BCUT2D eigenvalue weighted by Crippen LogP contribution is 2.59. The number of carbonyl (C=O) groups is 2. The predicted molar refractivity (Wildman–Crippen MR) is 120 cm³/mol. The second-order valence-electron chi connectivity index (χ2n) is 10.8. The van der Waals surface area contributed by atoms with Gasteiger partial charge in [0.25, 0.3) is 0 Å². The molecule has 1 amide bonds. The first-order valence-electron chi connectivity index (χ1n) is 11.9. The third-order valence-electron chi connectivity index (χ3n) is 7.67. The summed E-state index contributed by atoms with van der Waals surface area (Å²) in [7, 11) is 0. The van der Waals surface area contributed by atoms with Crippen molar-refractivity contribution in [1.82, 2.24) is 5.32 Å². The maximum atomic E-state index is 12.5. The summed E-state index contributed by atoms with van der Waals surface area (Å²) in [5.41, 5.74) is 2.36. The van der Waals surface area contributed by atoms with Crippen molar-refractivity contribution in [2.45, 2.75) is 84.2 Å². The first kappa shape index (κ1) is 22.2. The van der Waals surface area contributed by atoms with E-state index in [4.69, 9.17) is 9.47 Å². The maximum Gasteiger partial charge on any atom is 0.407 e. The molecule has 31 heavy (non-hydrogen) atoms. The van der Waals surface area contributed by atoms with Gasteiger partial charge in [-0.3, -0.25) is 4.79 Å². The van der Waals surface area contributed by atoms with Crippen LogP contribution >= 0.6 is 0 Å². The number of carbonyl (C=O) groups excluding carboxylic acids is 2. The van der Waals surface area contributed by atoms with E-state index in [0.29, 0.717) is 36.7 Å². The van der Waals surface area contributed by atoms with E-state index in [-0.39, 0.29) is 11.5 Å². The molecule has 0 aliphatic heterocycles. The summed E-state index contributed by atoms with van der Waals surface area (Å²) < 4.78 is 11.2. The fourth-order valence-electron chi connectivity index (χ4n) is 6.19. The van der Waals surface area contributed by atoms with Gasteiger partial charge < -0.3 is 14.8 Å². The number of Topliss-reactive ketones (excluding diaryl/α,β-unsaturated/α-hetero) is 1. The molecule has 0 spiro atoms. The van der Waals surface area contributed by atoms with Gasteiger partial charge in [0.05, 0.1) is 6.61 Å². The van der Waals surface area contributed by atoms with E-state index in [1.165, 1.54) is 17.5 Å². The number of nitrogens with one attached hydrogen (secondary N) is 1. The van der Waals surface area contributed by atoms with Crippen LogP contribution < -0.4 is 10.1 Å². The lowest BCUT2D eigenvalue weighted by molar-refractivity contribution is -0.129. The van der Waals surface area contributed by atoms with Crippen LogP contribution in [0, 0.1) is 17.3 Å². The Bertz CT molecular complexity index is 842. The van der Waals surface area contributed by atoms with Crippen molar-refractivity contribution in [3.05, 3.63) is 29.3 Å². The molecule has 5 nitrogen and oxygen atoms in total. The second kappa shape index (κ2) is 8.48. The van der Waals surface area contributed by atoms with E-state index in [1.807, 2.05) is 20.8 Å². The molecule has 0 radical (unpaired) electrons. The Morgan fingerprint density at radius 2 is 2.00 bits per heavy atom. The summed E-state index contributed by atoms with van der Waals surface area (Å²) in [6.45, 7) is 8.88. The number of ether oxygens (including phenoxy) is 2. The molecule has 170 valence electrons. The molecule has 3 aliphatic carbocycles. The third-order valence-corrected chi connectivity index (χ3v) is 7.67. The Labute approximate surface area is 186 Å².